The normalized spacial score (nSPS) is 17.8. The Kier molecular flexibility index (Phi) is 8.11. The minimum atomic E-state index is -0.462. The molecule has 1 N–H and O–H groups in total. The Hall–Kier alpha value is -4.29. The predicted molar refractivity (Wildman–Crippen MR) is 137 cm³/mol. The van der Waals surface area contributed by atoms with Gasteiger partial charge in [0.05, 0.1) is 19.2 Å². The molecule has 0 aliphatic carbocycles. The monoisotopic (exact) mass is 499 g/mol. The molecule has 3 aromatic rings. The molecular formula is C28H29N5O4. The summed E-state index contributed by atoms with van der Waals surface area (Å²) < 4.78 is 6.26. The molecule has 0 spiro atoms. The number of hydrogen-bond donors (Lipinski definition) is 1. The highest BCUT2D eigenvalue weighted by molar-refractivity contribution is 5.97. The molecule has 0 saturated carbocycles. The summed E-state index contributed by atoms with van der Waals surface area (Å²) >= 11 is 0. The van der Waals surface area contributed by atoms with Gasteiger partial charge in [-0.15, -0.1) is 0 Å². The molecule has 9 heteroatoms. The van der Waals surface area contributed by atoms with E-state index in [-0.39, 0.29) is 42.3 Å². The summed E-state index contributed by atoms with van der Waals surface area (Å²) in [6.07, 6.45) is 4.32. The van der Waals surface area contributed by atoms with E-state index in [0.717, 1.165) is 0 Å². The number of amides is 2. The van der Waals surface area contributed by atoms with E-state index in [1.165, 1.54) is 0 Å². The number of fused-ring (bicyclic) bond motifs is 1. The van der Waals surface area contributed by atoms with E-state index in [4.69, 9.17) is 4.74 Å². The Morgan fingerprint density at radius 3 is 2.62 bits per heavy atom. The van der Waals surface area contributed by atoms with Gasteiger partial charge in [-0.3, -0.25) is 14.6 Å². The molecule has 1 aliphatic rings. The van der Waals surface area contributed by atoms with E-state index in [9.17, 15) is 14.7 Å². The van der Waals surface area contributed by atoms with Gasteiger partial charge < -0.3 is 19.6 Å². The largest absolute Gasteiger partial charge is 0.472 e. The van der Waals surface area contributed by atoms with E-state index in [1.54, 1.807) is 72.7 Å². The fraction of sp³-hybridized carbons (Fsp3) is 0.321. The second kappa shape index (κ2) is 11.6. The summed E-state index contributed by atoms with van der Waals surface area (Å²) in [5.41, 5.74) is 1.72. The number of likely N-dealkylation sites (N-methyl/N-ethyl adjacent to an activating group) is 1. The lowest BCUT2D eigenvalue weighted by atomic mass is 9.99. The minimum absolute atomic E-state index is 0.157. The molecule has 3 atom stereocenters. The fourth-order valence-corrected chi connectivity index (χ4v) is 4.00. The van der Waals surface area contributed by atoms with Crippen LogP contribution < -0.4 is 4.74 Å². The molecule has 190 valence electrons. The number of pyridine rings is 3. The van der Waals surface area contributed by atoms with Gasteiger partial charge >= 0.3 is 0 Å². The van der Waals surface area contributed by atoms with Crippen molar-refractivity contribution in [2.75, 3.05) is 26.7 Å². The molecule has 0 bridgehead atoms. The summed E-state index contributed by atoms with van der Waals surface area (Å²) in [4.78, 5) is 42.4. The van der Waals surface area contributed by atoms with Crippen molar-refractivity contribution < 1.29 is 19.4 Å². The Morgan fingerprint density at radius 2 is 1.95 bits per heavy atom. The van der Waals surface area contributed by atoms with Gasteiger partial charge in [-0.2, -0.15) is 0 Å². The Labute approximate surface area is 216 Å². The molecule has 0 unspecified atom stereocenters. The van der Waals surface area contributed by atoms with Crippen molar-refractivity contribution in [3.05, 3.63) is 83.6 Å². The topological polar surface area (TPSA) is 109 Å². The average molecular weight is 500 g/mol. The van der Waals surface area contributed by atoms with Gasteiger partial charge in [0.25, 0.3) is 11.8 Å². The SMILES string of the molecule is C[C@@H]1CN([C@H](C)CO)C(=O)c2cc(C#Cc3ccccn3)cnc2O[C@@H]1CN(C)C(=O)c1ccccn1. The molecule has 1 aliphatic heterocycles. The quantitative estimate of drug-likeness (QED) is 0.537. The van der Waals surface area contributed by atoms with Crippen LogP contribution in [0.4, 0.5) is 0 Å². The van der Waals surface area contributed by atoms with Crippen LogP contribution in [0.25, 0.3) is 0 Å². The third-order valence-electron chi connectivity index (χ3n) is 6.21. The first-order valence-corrected chi connectivity index (χ1v) is 12.1. The first kappa shape index (κ1) is 25.8. The molecule has 0 fully saturated rings. The van der Waals surface area contributed by atoms with Crippen LogP contribution in [0.5, 0.6) is 5.88 Å². The average Bonchev–Trinajstić information content (AvgIpc) is 2.94. The van der Waals surface area contributed by atoms with Crippen molar-refractivity contribution in [3.63, 3.8) is 0 Å². The summed E-state index contributed by atoms with van der Waals surface area (Å²) in [7, 11) is 1.69. The van der Waals surface area contributed by atoms with Gasteiger partial charge in [0.15, 0.2) is 0 Å². The molecule has 0 saturated heterocycles. The van der Waals surface area contributed by atoms with Gasteiger partial charge in [0.2, 0.25) is 5.88 Å². The maximum atomic E-state index is 13.5. The first-order valence-electron chi connectivity index (χ1n) is 12.1. The van der Waals surface area contributed by atoms with E-state index >= 15 is 0 Å². The fourth-order valence-electron chi connectivity index (χ4n) is 4.00. The molecule has 3 aromatic heterocycles. The smallest absolute Gasteiger partial charge is 0.272 e. The number of aliphatic hydroxyl groups is 1. The summed E-state index contributed by atoms with van der Waals surface area (Å²) in [5, 5.41) is 9.85. The zero-order chi connectivity index (χ0) is 26.4. The van der Waals surface area contributed by atoms with Crippen LogP contribution in [0.3, 0.4) is 0 Å². The molecule has 9 nitrogen and oxygen atoms in total. The van der Waals surface area contributed by atoms with Crippen LogP contribution in [0.15, 0.2) is 61.1 Å². The number of rotatable bonds is 5. The van der Waals surface area contributed by atoms with Crippen molar-refractivity contribution >= 4 is 11.8 Å². The number of aromatic nitrogens is 3. The maximum Gasteiger partial charge on any atom is 0.272 e. The Morgan fingerprint density at radius 1 is 1.19 bits per heavy atom. The van der Waals surface area contributed by atoms with E-state index in [1.807, 2.05) is 19.1 Å². The Balaban J connectivity index is 1.65. The molecule has 4 heterocycles. The number of nitrogens with zero attached hydrogens (tertiary/aromatic N) is 5. The van der Waals surface area contributed by atoms with Gasteiger partial charge in [-0.1, -0.05) is 25.0 Å². The third-order valence-corrected chi connectivity index (χ3v) is 6.21. The zero-order valence-electron chi connectivity index (χ0n) is 21.0. The van der Waals surface area contributed by atoms with Gasteiger partial charge in [-0.05, 0) is 43.2 Å². The van der Waals surface area contributed by atoms with Crippen molar-refractivity contribution in [2.24, 2.45) is 5.92 Å². The van der Waals surface area contributed by atoms with Crippen LogP contribution in [-0.2, 0) is 0 Å². The van der Waals surface area contributed by atoms with Crippen LogP contribution in [0.1, 0.15) is 46.0 Å². The second-order valence-electron chi connectivity index (χ2n) is 9.07. The molecule has 37 heavy (non-hydrogen) atoms. The standard InChI is InChI=1S/C28H29N5O4/c1-19-16-33(20(2)18-34)27(35)23-14-21(10-11-22-8-4-6-12-29-22)15-31-26(23)37-25(19)17-32(3)28(36)24-9-5-7-13-30-24/h4-9,12-15,19-20,25,34H,16-18H2,1-3H3/t19-,20-,25-/m1/s1. The van der Waals surface area contributed by atoms with Crippen LogP contribution in [0.2, 0.25) is 0 Å². The lowest BCUT2D eigenvalue weighted by Gasteiger charge is -2.37. The molecule has 0 aromatic carbocycles. The van der Waals surface area contributed by atoms with Gasteiger partial charge in [0, 0.05) is 43.7 Å². The highest BCUT2D eigenvalue weighted by atomic mass is 16.5. The zero-order valence-corrected chi connectivity index (χ0v) is 21.0. The summed E-state index contributed by atoms with van der Waals surface area (Å²) in [6.45, 7) is 4.14. The number of carbonyl (C=O) groups excluding carboxylic acids is 2. The van der Waals surface area contributed by atoms with E-state index < -0.39 is 12.1 Å². The lowest BCUT2D eigenvalue weighted by molar-refractivity contribution is 0.0312. The van der Waals surface area contributed by atoms with Crippen LogP contribution in [0, 0.1) is 17.8 Å². The van der Waals surface area contributed by atoms with Crippen LogP contribution in [-0.4, -0.2) is 80.6 Å². The van der Waals surface area contributed by atoms with Crippen molar-refractivity contribution in [1.82, 2.24) is 24.8 Å². The predicted octanol–water partition coefficient (Wildman–Crippen LogP) is 2.26. The van der Waals surface area contributed by atoms with Gasteiger partial charge in [0.1, 0.15) is 23.1 Å². The molecular weight excluding hydrogens is 470 g/mol. The third kappa shape index (κ3) is 6.11. The number of carbonyl (C=O) groups is 2. The molecule has 2 amide bonds. The Bertz CT molecular complexity index is 1310. The maximum absolute atomic E-state index is 13.5. The number of ether oxygens (including phenoxy) is 1. The highest BCUT2D eigenvalue weighted by Crippen LogP contribution is 2.27. The van der Waals surface area contributed by atoms with Gasteiger partial charge in [-0.25, -0.2) is 9.97 Å². The summed E-state index contributed by atoms with van der Waals surface area (Å²) in [6, 6.07) is 11.9. The van der Waals surface area contributed by atoms with Crippen LogP contribution >= 0.6 is 0 Å². The van der Waals surface area contributed by atoms with Crippen molar-refractivity contribution in [3.8, 4) is 17.7 Å². The molecule has 4 rings (SSSR count). The summed E-state index contributed by atoms with van der Waals surface area (Å²) in [5.74, 6) is 5.45. The number of aliphatic hydroxyl groups excluding tert-OH is 1. The second-order valence-corrected chi connectivity index (χ2v) is 9.07. The lowest BCUT2D eigenvalue weighted by Crippen LogP contribution is -2.50. The molecule has 0 radical (unpaired) electrons. The van der Waals surface area contributed by atoms with Crippen molar-refractivity contribution in [1.29, 1.82) is 0 Å². The highest BCUT2D eigenvalue weighted by Gasteiger charge is 2.34. The van der Waals surface area contributed by atoms with Crippen molar-refractivity contribution in [2.45, 2.75) is 26.0 Å². The van der Waals surface area contributed by atoms with E-state index in [2.05, 4.69) is 26.8 Å². The van der Waals surface area contributed by atoms with E-state index in [0.29, 0.717) is 23.5 Å². The first-order chi connectivity index (χ1) is 17.9. The number of hydrogen-bond acceptors (Lipinski definition) is 7. The minimum Gasteiger partial charge on any atom is -0.472 e.